The first-order valence-corrected chi connectivity index (χ1v) is 5.61. The summed E-state index contributed by atoms with van der Waals surface area (Å²) < 4.78 is 17.4. The quantitative estimate of drug-likeness (QED) is 0.867. The van der Waals surface area contributed by atoms with E-state index >= 15 is 0 Å². The molecule has 0 bridgehead atoms. The monoisotopic (exact) mass is 261 g/mol. The number of rotatable bonds is 5. The number of para-hydroxylation sites is 1. The van der Waals surface area contributed by atoms with Gasteiger partial charge in [0.25, 0.3) is 0 Å². The lowest BCUT2D eigenvalue weighted by Gasteiger charge is -2.09. The predicted molar refractivity (Wildman–Crippen MR) is 69.3 cm³/mol. The summed E-state index contributed by atoms with van der Waals surface area (Å²) in [6.45, 7) is 0. The van der Waals surface area contributed by atoms with Gasteiger partial charge in [-0.3, -0.25) is 0 Å². The Labute approximate surface area is 109 Å². The summed E-state index contributed by atoms with van der Waals surface area (Å²) in [6, 6.07) is 15.9. The zero-order valence-corrected chi connectivity index (χ0v) is 9.92. The third-order valence-corrected chi connectivity index (χ3v) is 2.35. The summed E-state index contributed by atoms with van der Waals surface area (Å²) in [6.07, 6.45) is -2.35. The van der Waals surface area contributed by atoms with Gasteiger partial charge < -0.3 is 15.2 Å². The first-order valence-electron chi connectivity index (χ1n) is 5.61. The summed E-state index contributed by atoms with van der Waals surface area (Å²) in [5.74, 6) is -1.49. The summed E-state index contributed by atoms with van der Waals surface area (Å²) in [4.78, 5) is 10.3. The molecule has 0 aliphatic carbocycles. The molecule has 0 radical (unpaired) electrons. The summed E-state index contributed by atoms with van der Waals surface area (Å²) in [5, 5.41) is 11.5. The van der Waals surface area contributed by atoms with E-state index in [4.69, 9.17) is 5.11 Å². The van der Waals surface area contributed by atoms with E-state index < -0.39 is 12.3 Å². The van der Waals surface area contributed by atoms with Crippen molar-refractivity contribution in [2.45, 2.75) is 6.36 Å². The molecule has 0 aliphatic rings. The highest BCUT2D eigenvalue weighted by molar-refractivity contribution is 5.71. The van der Waals surface area contributed by atoms with Gasteiger partial charge in [-0.25, -0.2) is 4.79 Å². The Morgan fingerprint density at radius 3 is 2.21 bits per heavy atom. The van der Waals surface area contributed by atoms with E-state index in [0.29, 0.717) is 0 Å². The fourth-order valence-electron chi connectivity index (χ4n) is 1.47. The Kier molecular flexibility index (Phi) is 3.97. The topological polar surface area (TPSA) is 58.6 Å². The van der Waals surface area contributed by atoms with Gasteiger partial charge in [-0.2, -0.15) is 4.39 Å². The van der Waals surface area contributed by atoms with Gasteiger partial charge >= 0.3 is 12.3 Å². The van der Waals surface area contributed by atoms with Crippen LogP contribution < -0.4 is 10.1 Å². The Balaban J connectivity index is 2.01. The van der Waals surface area contributed by atoms with Crippen molar-refractivity contribution in [3.8, 4) is 5.75 Å². The molecule has 0 saturated heterocycles. The standard InChI is InChI=1S/C14H12FNO3/c15-13(14(17)18)19-12-8-6-11(7-9-12)16-10-4-2-1-3-5-10/h1-9,13,16H,(H,17,18). The van der Waals surface area contributed by atoms with Crippen molar-refractivity contribution in [3.63, 3.8) is 0 Å². The molecule has 0 aromatic heterocycles. The predicted octanol–water partition coefficient (Wildman–Crippen LogP) is 3.19. The Bertz CT molecular complexity index is 542. The lowest BCUT2D eigenvalue weighted by molar-refractivity contribution is -0.153. The zero-order valence-electron chi connectivity index (χ0n) is 9.92. The molecule has 0 amide bonds. The highest BCUT2D eigenvalue weighted by atomic mass is 19.1. The third kappa shape index (κ3) is 3.70. The summed E-state index contributed by atoms with van der Waals surface area (Å²) in [5.41, 5.74) is 1.72. The van der Waals surface area contributed by atoms with Gasteiger partial charge in [0, 0.05) is 11.4 Å². The van der Waals surface area contributed by atoms with Crippen LogP contribution in [0.15, 0.2) is 54.6 Å². The van der Waals surface area contributed by atoms with Gasteiger partial charge in [-0.15, -0.1) is 0 Å². The maximum atomic E-state index is 12.8. The van der Waals surface area contributed by atoms with Crippen molar-refractivity contribution in [2.75, 3.05) is 5.32 Å². The van der Waals surface area contributed by atoms with E-state index in [1.807, 2.05) is 30.3 Å². The van der Waals surface area contributed by atoms with Crippen LogP contribution in [0.1, 0.15) is 0 Å². The fraction of sp³-hybridized carbons (Fsp3) is 0.0714. The number of carbonyl (C=O) groups is 1. The minimum atomic E-state index is -2.35. The zero-order chi connectivity index (χ0) is 13.7. The van der Waals surface area contributed by atoms with Crippen LogP contribution in [0.5, 0.6) is 5.75 Å². The van der Waals surface area contributed by atoms with Crippen LogP contribution in [0, 0.1) is 0 Å². The molecule has 2 aromatic rings. The number of alkyl halides is 1. The smallest absolute Gasteiger partial charge is 0.378 e. The molecule has 0 saturated carbocycles. The molecule has 0 fully saturated rings. The number of benzene rings is 2. The van der Waals surface area contributed by atoms with E-state index in [1.165, 1.54) is 12.1 Å². The molecule has 4 nitrogen and oxygen atoms in total. The molecule has 0 spiro atoms. The SMILES string of the molecule is O=C(O)C(F)Oc1ccc(Nc2ccccc2)cc1. The van der Waals surface area contributed by atoms with E-state index in [-0.39, 0.29) is 5.75 Å². The van der Waals surface area contributed by atoms with Gasteiger partial charge in [-0.1, -0.05) is 18.2 Å². The van der Waals surface area contributed by atoms with Crippen LogP contribution in [0.2, 0.25) is 0 Å². The van der Waals surface area contributed by atoms with Gasteiger partial charge in [-0.05, 0) is 36.4 Å². The molecule has 2 rings (SSSR count). The molecule has 1 unspecified atom stereocenters. The molecule has 98 valence electrons. The first-order chi connectivity index (χ1) is 9.15. The Morgan fingerprint density at radius 2 is 1.63 bits per heavy atom. The highest BCUT2D eigenvalue weighted by Crippen LogP contribution is 2.20. The Morgan fingerprint density at radius 1 is 1.05 bits per heavy atom. The summed E-state index contributed by atoms with van der Waals surface area (Å²) >= 11 is 0. The first kappa shape index (κ1) is 12.9. The van der Waals surface area contributed by atoms with Crippen LogP contribution >= 0.6 is 0 Å². The fourth-order valence-corrected chi connectivity index (χ4v) is 1.47. The van der Waals surface area contributed by atoms with Crippen molar-refractivity contribution in [2.24, 2.45) is 0 Å². The van der Waals surface area contributed by atoms with Crippen LogP contribution in [0.25, 0.3) is 0 Å². The van der Waals surface area contributed by atoms with Crippen molar-refractivity contribution in [1.29, 1.82) is 0 Å². The molecular weight excluding hydrogens is 249 g/mol. The maximum absolute atomic E-state index is 12.8. The number of hydrogen-bond acceptors (Lipinski definition) is 3. The average molecular weight is 261 g/mol. The van der Waals surface area contributed by atoms with Gasteiger partial charge in [0.05, 0.1) is 0 Å². The number of anilines is 2. The van der Waals surface area contributed by atoms with E-state index in [0.717, 1.165) is 11.4 Å². The van der Waals surface area contributed by atoms with Crippen molar-refractivity contribution in [1.82, 2.24) is 0 Å². The Hall–Kier alpha value is -2.56. The number of halogens is 1. The van der Waals surface area contributed by atoms with E-state index in [9.17, 15) is 9.18 Å². The largest absolute Gasteiger partial charge is 0.476 e. The number of hydrogen-bond donors (Lipinski definition) is 2. The molecular formula is C14H12FNO3. The van der Waals surface area contributed by atoms with Gasteiger partial charge in [0.1, 0.15) is 5.75 Å². The number of nitrogens with one attached hydrogen (secondary N) is 1. The molecule has 2 N–H and O–H groups in total. The third-order valence-electron chi connectivity index (χ3n) is 2.35. The highest BCUT2D eigenvalue weighted by Gasteiger charge is 2.16. The van der Waals surface area contributed by atoms with Gasteiger partial charge in [0.15, 0.2) is 0 Å². The van der Waals surface area contributed by atoms with Crippen LogP contribution in [-0.4, -0.2) is 17.4 Å². The minimum Gasteiger partial charge on any atom is -0.476 e. The maximum Gasteiger partial charge on any atom is 0.378 e. The normalized spacial score (nSPS) is 11.6. The second-order valence-corrected chi connectivity index (χ2v) is 3.79. The average Bonchev–Trinajstić information content (AvgIpc) is 2.42. The second kappa shape index (κ2) is 5.86. The lowest BCUT2D eigenvalue weighted by atomic mass is 10.2. The van der Waals surface area contributed by atoms with E-state index in [1.54, 1.807) is 12.1 Å². The lowest BCUT2D eigenvalue weighted by Crippen LogP contribution is -2.21. The van der Waals surface area contributed by atoms with Crippen LogP contribution in [0.3, 0.4) is 0 Å². The molecule has 5 heteroatoms. The van der Waals surface area contributed by atoms with Gasteiger partial charge in [0.2, 0.25) is 0 Å². The van der Waals surface area contributed by atoms with E-state index in [2.05, 4.69) is 10.1 Å². The van der Waals surface area contributed by atoms with Crippen molar-refractivity contribution in [3.05, 3.63) is 54.6 Å². The van der Waals surface area contributed by atoms with Crippen molar-refractivity contribution >= 4 is 17.3 Å². The molecule has 0 heterocycles. The minimum absolute atomic E-state index is 0.161. The van der Waals surface area contributed by atoms with Crippen LogP contribution in [0.4, 0.5) is 15.8 Å². The number of carboxylic acids is 1. The second-order valence-electron chi connectivity index (χ2n) is 3.79. The number of aliphatic carboxylic acids is 1. The molecule has 19 heavy (non-hydrogen) atoms. The number of carboxylic acid groups (broad SMARTS) is 1. The molecule has 0 aliphatic heterocycles. The summed E-state index contributed by atoms with van der Waals surface area (Å²) in [7, 11) is 0. The van der Waals surface area contributed by atoms with Crippen molar-refractivity contribution < 1.29 is 19.0 Å². The molecule has 2 aromatic carbocycles. The van der Waals surface area contributed by atoms with Crippen LogP contribution in [-0.2, 0) is 4.79 Å². The number of ether oxygens (including phenoxy) is 1. The molecule has 1 atom stereocenters.